The van der Waals surface area contributed by atoms with Crippen molar-refractivity contribution >= 4 is 35.0 Å². The molecule has 4 nitrogen and oxygen atoms in total. The van der Waals surface area contributed by atoms with E-state index in [0.717, 1.165) is 5.56 Å². The maximum Gasteiger partial charge on any atom is 0.281 e. The summed E-state index contributed by atoms with van der Waals surface area (Å²) in [7, 11) is 1.59. The zero-order chi connectivity index (χ0) is 18.0. The maximum atomic E-state index is 12.8. The molecular weight excluding hydrogens is 332 g/mol. The molecule has 2 aromatic carbocycles. The minimum atomic E-state index is -0.175. The van der Waals surface area contributed by atoms with Crippen LogP contribution in [0.15, 0.2) is 54.2 Å². The minimum Gasteiger partial charge on any atom is -0.497 e. The van der Waals surface area contributed by atoms with E-state index in [2.05, 4.69) is 31.3 Å². The van der Waals surface area contributed by atoms with Gasteiger partial charge in [0.2, 0.25) is 0 Å². The van der Waals surface area contributed by atoms with Crippen LogP contribution in [0.5, 0.6) is 5.75 Å². The highest BCUT2D eigenvalue weighted by Gasteiger charge is 2.32. The standard InChI is InChI=1S/C20H20N2O2S/c1-13(2)15-9-7-14(8-10-15)11-18-19(23)22(20(25)21-18)16-5-4-6-17(12-16)24-3/h4-13H,1-3H3,(H,21,25)/b18-11-. The van der Waals surface area contributed by atoms with Crippen LogP contribution in [0, 0.1) is 0 Å². The predicted octanol–water partition coefficient (Wildman–Crippen LogP) is 4.08. The van der Waals surface area contributed by atoms with Crippen molar-refractivity contribution in [2.75, 3.05) is 12.0 Å². The van der Waals surface area contributed by atoms with Gasteiger partial charge in [0.1, 0.15) is 11.4 Å². The summed E-state index contributed by atoms with van der Waals surface area (Å²) >= 11 is 5.34. The van der Waals surface area contributed by atoms with Crippen molar-refractivity contribution < 1.29 is 9.53 Å². The first-order valence-corrected chi connectivity index (χ1v) is 8.51. The third-order valence-electron chi connectivity index (χ3n) is 4.10. The van der Waals surface area contributed by atoms with Crippen LogP contribution < -0.4 is 15.0 Å². The highest BCUT2D eigenvalue weighted by atomic mass is 32.1. The van der Waals surface area contributed by atoms with Gasteiger partial charge in [-0.3, -0.25) is 9.69 Å². The molecule has 3 rings (SSSR count). The summed E-state index contributed by atoms with van der Waals surface area (Å²) in [6, 6.07) is 15.4. The Morgan fingerprint density at radius 3 is 2.52 bits per heavy atom. The fraction of sp³-hybridized carbons (Fsp3) is 0.200. The van der Waals surface area contributed by atoms with Gasteiger partial charge in [-0.25, -0.2) is 0 Å². The van der Waals surface area contributed by atoms with E-state index in [-0.39, 0.29) is 5.91 Å². The topological polar surface area (TPSA) is 41.6 Å². The molecule has 0 atom stereocenters. The Morgan fingerprint density at radius 2 is 1.88 bits per heavy atom. The fourth-order valence-electron chi connectivity index (χ4n) is 2.66. The SMILES string of the molecule is COc1cccc(N2C(=O)/C(=C/c3ccc(C(C)C)cc3)NC2=S)c1. The van der Waals surface area contributed by atoms with E-state index >= 15 is 0 Å². The van der Waals surface area contributed by atoms with Gasteiger partial charge in [0.05, 0.1) is 12.8 Å². The first-order chi connectivity index (χ1) is 12.0. The molecule has 5 heteroatoms. The first kappa shape index (κ1) is 17.2. The molecular formula is C20H20N2O2S. The number of hydrogen-bond donors (Lipinski definition) is 1. The number of benzene rings is 2. The van der Waals surface area contributed by atoms with Crippen molar-refractivity contribution in [3.05, 3.63) is 65.4 Å². The third kappa shape index (κ3) is 3.56. The van der Waals surface area contributed by atoms with Crippen LogP contribution >= 0.6 is 12.2 Å². The molecule has 0 unspecified atom stereocenters. The second kappa shape index (κ2) is 7.07. The maximum absolute atomic E-state index is 12.8. The Morgan fingerprint density at radius 1 is 1.16 bits per heavy atom. The number of carbonyl (C=O) groups is 1. The molecule has 1 saturated heterocycles. The van der Waals surface area contributed by atoms with Crippen molar-refractivity contribution in [1.29, 1.82) is 0 Å². The summed E-state index contributed by atoms with van der Waals surface area (Å²) in [5, 5.41) is 3.37. The fourth-order valence-corrected chi connectivity index (χ4v) is 2.96. The second-order valence-electron chi connectivity index (χ2n) is 6.15. The van der Waals surface area contributed by atoms with E-state index in [0.29, 0.717) is 28.2 Å². The molecule has 1 N–H and O–H groups in total. The van der Waals surface area contributed by atoms with Crippen molar-refractivity contribution in [3.63, 3.8) is 0 Å². The van der Waals surface area contributed by atoms with E-state index in [4.69, 9.17) is 17.0 Å². The number of anilines is 1. The number of nitrogens with zero attached hydrogens (tertiary/aromatic N) is 1. The normalized spacial score (nSPS) is 15.8. The molecule has 1 fully saturated rings. The molecule has 0 aliphatic carbocycles. The number of ether oxygens (including phenoxy) is 1. The summed E-state index contributed by atoms with van der Waals surface area (Å²) in [5.41, 5.74) is 3.36. The lowest BCUT2D eigenvalue weighted by Gasteiger charge is -2.14. The van der Waals surface area contributed by atoms with Crippen LogP contribution in [0.25, 0.3) is 6.08 Å². The molecule has 1 aliphatic rings. The summed E-state index contributed by atoms with van der Waals surface area (Å²) < 4.78 is 5.22. The molecule has 0 radical (unpaired) electrons. The van der Waals surface area contributed by atoms with Gasteiger partial charge in [-0.05, 0) is 47.5 Å². The quantitative estimate of drug-likeness (QED) is 0.665. The Balaban J connectivity index is 1.87. The first-order valence-electron chi connectivity index (χ1n) is 8.10. The number of amides is 1. The van der Waals surface area contributed by atoms with Gasteiger partial charge in [-0.1, -0.05) is 44.2 Å². The number of carbonyl (C=O) groups excluding carboxylic acids is 1. The lowest BCUT2D eigenvalue weighted by atomic mass is 10.0. The molecule has 0 aromatic heterocycles. The van der Waals surface area contributed by atoms with Crippen LogP contribution in [0.4, 0.5) is 5.69 Å². The van der Waals surface area contributed by atoms with Gasteiger partial charge in [-0.15, -0.1) is 0 Å². The number of nitrogens with one attached hydrogen (secondary N) is 1. The Kier molecular flexibility index (Phi) is 4.86. The smallest absolute Gasteiger partial charge is 0.281 e. The van der Waals surface area contributed by atoms with E-state index in [1.807, 2.05) is 36.4 Å². The number of methoxy groups -OCH3 is 1. The van der Waals surface area contributed by atoms with E-state index in [9.17, 15) is 4.79 Å². The van der Waals surface area contributed by atoms with Crippen LogP contribution in [0.1, 0.15) is 30.9 Å². The third-order valence-corrected chi connectivity index (χ3v) is 4.39. The monoisotopic (exact) mass is 352 g/mol. The van der Waals surface area contributed by atoms with Crippen LogP contribution in [0.3, 0.4) is 0 Å². The van der Waals surface area contributed by atoms with Gasteiger partial charge in [-0.2, -0.15) is 0 Å². The molecule has 1 amide bonds. The lowest BCUT2D eigenvalue weighted by molar-refractivity contribution is -0.113. The number of hydrogen-bond acceptors (Lipinski definition) is 3. The van der Waals surface area contributed by atoms with Gasteiger partial charge in [0.25, 0.3) is 5.91 Å². The molecule has 0 saturated carbocycles. The highest BCUT2D eigenvalue weighted by Crippen LogP contribution is 2.26. The summed E-state index contributed by atoms with van der Waals surface area (Å²) in [5.74, 6) is 0.977. The largest absolute Gasteiger partial charge is 0.497 e. The Labute approximate surface area is 153 Å². The number of rotatable bonds is 4. The zero-order valence-electron chi connectivity index (χ0n) is 14.4. The average molecular weight is 352 g/mol. The van der Waals surface area contributed by atoms with Gasteiger partial charge < -0.3 is 10.1 Å². The van der Waals surface area contributed by atoms with Crippen molar-refractivity contribution in [2.45, 2.75) is 19.8 Å². The summed E-state index contributed by atoms with van der Waals surface area (Å²) in [6.45, 7) is 4.31. The van der Waals surface area contributed by atoms with Crippen molar-refractivity contribution in [2.24, 2.45) is 0 Å². The van der Waals surface area contributed by atoms with E-state index in [1.54, 1.807) is 13.2 Å². The van der Waals surface area contributed by atoms with Gasteiger partial charge >= 0.3 is 0 Å². The second-order valence-corrected chi connectivity index (χ2v) is 6.54. The molecule has 2 aromatic rings. The van der Waals surface area contributed by atoms with Crippen molar-refractivity contribution in [3.8, 4) is 5.75 Å². The molecule has 25 heavy (non-hydrogen) atoms. The van der Waals surface area contributed by atoms with Crippen LogP contribution in [0.2, 0.25) is 0 Å². The van der Waals surface area contributed by atoms with Gasteiger partial charge in [0.15, 0.2) is 5.11 Å². The molecule has 0 spiro atoms. The van der Waals surface area contributed by atoms with Gasteiger partial charge in [0, 0.05) is 6.07 Å². The average Bonchev–Trinajstić information content (AvgIpc) is 2.89. The molecule has 1 aliphatic heterocycles. The van der Waals surface area contributed by atoms with Crippen LogP contribution in [-0.4, -0.2) is 18.1 Å². The predicted molar refractivity (Wildman–Crippen MR) is 105 cm³/mol. The van der Waals surface area contributed by atoms with E-state index in [1.165, 1.54) is 10.5 Å². The van der Waals surface area contributed by atoms with Crippen LogP contribution in [-0.2, 0) is 4.79 Å². The Hall–Kier alpha value is -2.66. The molecule has 1 heterocycles. The zero-order valence-corrected chi connectivity index (χ0v) is 15.3. The Bertz CT molecular complexity index is 841. The number of thiocarbonyl (C=S) groups is 1. The summed E-state index contributed by atoms with van der Waals surface area (Å²) in [4.78, 5) is 14.2. The molecule has 128 valence electrons. The van der Waals surface area contributed by atoms with Crippen molar-refractivity contribution in [1.82, 2.24) is 5.32 Å². The van der Waals surface area contributed by atoms with E-state index < -0.39 is 0 Å². The minimum absolute atomic E-state index is 0.175. The summed E-state index contributed by atoms with van der Waals surface area (Å²) in [6.07, 6.45) is 1.82. The lowest BCUT2D eigenvalue weighted by Crippen LogP contribution is -2.30. The molecule has 0 bridgehead atoms. The highest BCUT2D eigenvalue weighted by molar-refractivity contribution is 7.80.